The number of aliphatic hydroxyl groups is 1. The normalized spacial score (nSPS) is 13.9. The van der Waals surface area contributed by atoms with E-state index >= 15 is 0 Å². The van der Waals surface area contributed by atoms with Crippen molar-refractivity contribution in [1.29, 1.82) is 0 Å². The third-order valence-electron chi connectivity index (χ3n) is 3.59. The minimum atomic E-state index is -0.824. The molecule has 2 atom stereocenters. The van der Waals surface area contributed by atoms with Crippen molar-refractivity contribution in [3.05, 3.63) is 35.4 Å². The fourth-order valence-electron chi connectivity index (χ4n) is 2.36. The number of aliphatic hydroxyl groups excluding tert-OH is 1. The molecule has 118 valence electrons. The van der Waals surface area contributed by atoms with E-state index in [1.54, 1.807) is 0 Å². The minimum absolute atomic E-state index is 0.495. The van der Waals surface area contributed by atoms with Crippen molar-refractivity contribution in [2.75, 3.05) is 6.54 Å². The number of aliphatic carboxylic acids is 1. The molecule has 1 aromatic rings. The first-order valence-electron chi connectivity index (χ1n) is 7.81. The van der Waals surface area contributed by atoms with Crippen molar-refractivity contribution in [3.63, 3.8) is 0 Å². The topological polar surface area (TPSA) is 69.6 Å². The summed E-state index contributed by atoms with van der Waals surface area (Å²) in [5, 5.41) is 22.2. The van der Waals surface area contributed by atoms with Crippen LogP contribution in [-0.2, 0) is 11.2 Å². The Hall–Kier alpha value is -1.39. The Morgan fingerprint density at radius 2 is 1.81 bits per heavy atom. The van der Waals surface area contributed by atoms with Crippen LogP contribution in [0.25, 0.3) is 0 Å². The maximum absolute atomic E-state index is 11.0. The molecule has 0 saturated heterocycles. The number of hydrogen-bond donors (Lipinski definition) is 3. The second-order valence-electron chi connectivity index (χ2n) is 5.43. The Kier molecular flexibility index (Phi) is 8.01. The van der Waals surface area contributed by atoms with Crippen LogP contribution in [0.4, 0.5) is 0 Å². The molecule has 0 saturated carbocycles. The highest BCUT2D eigenvalue weighted by molar-refractivity contribution is 5.73. The van der Waals surface area contributed by atoms with Crippen LogP contribution >= 0.6 is 0 Å². The van der Waals surface area contributed by atoms with Crippen molar-refractivity contribution in [2.45, 2.75) is 58.1 Å². The second kappa shape index (κ2) is 9.53. The van der Waals surface area contributed by atoms with E-state index in [1.807, 2.05) is 31.2 Å². The maximum Gasteiger partial charge on any atom is 0.320 e. The first-order chi connectivity index (χ1) is 10.1. The summed E-state index contributed by atoms with van der Waals surface area (Å²) in [6.07, 6.45) is 3.56. The zero-order valence-electron chi connectivity index (χ0n) is 13.0. The van der Waals surface area contributed by atoms with E-state index in [1.165, 1.54) is 5.56 Å². The van der Waals surface area contributed by atoms with Crippen LogP contribution in [0.2, 0.25) is 0 Å². The van der Waals surface area contributed by atoms with Crippen LogP contribution in [0.1, 0.15) is 56.8 Å². The average molecular weight is 293 g/mol. The SMILES string of the molecule is CCCc1ccc(C(O)CCNC(CCC)C(=O)O)cc1. The first kappa shape index (κ1) is 17.7. The number of rotatable bonds is 10. The average Bonchev–Trinajstić information content (AvgIpc) is 2.47. The molecule has 1 rings (SSSR count). The molecule has 3 N–H and O–H groups in total. The zero-order valence-corrected chi connectivity index (χ0v) is 13.0. The van der Waals surface area contributed by atoms with E-state index in [2.05, 4.69) is 12.2 Å². The van der Waals surface area contributed by atoms with Crippen LogP contribution < -0.4 is 5.32 Å². The lowest BCUT2D eigenvalue weighted by Gasteiger charge is -2.16. The summed E-state index contributed by atoms with van der Waals surface area (Å²) in [7, 11) is 0. The molecule has 4 nitrogen and oxygen atoms in total. The van der Waals surface area contributed by atoms with Gasteiger partial charge in [0.2, 0.25) is 0 Å². The van der Waals surface area contributed by atoms with Crippen LogP contribution in [0.5, 0.6) is 0 Å². The van der Waals surface area contributed by atoms with Crippen LogP contribution in [0.3, 0.4) is 0 Å². The number of carboxylic acid groups (broad SMARTS) is 1. The Labute approximate surface area is 127 Å². The molecule has 1 aromatic carbocycles. The van der Waals surface area contributed by atoms with Crippen molar-refractivity contribution in [2.24, 2.45) is 0 Å². The highest BCUT2D eigenvalue weighted by atomic mass is 16.4. The molecule has 0 spiro atoms. The fourth-order valence-corrected chi connectivity index (χ4v) is 2.36. The Morgan fingerprint density at radius 3 is 2.33 bits per heavy atom. The van der Waals surface area contributed by atoms with Gasteiger partial charge in [0.1, 0.15) is 6.04 Å². The molecule has 4 heteroatoms. The number of aryl methyl sites for hydroxylation is 1. The lowest BCUT2D eigenvalue weighted by molar-refractivity contribution is -0.139. The van der Waals surface area contributed by atoms with E-state index in [0.717, 1.165) is 24.8 Å². The van der Waals surface area contributed by atoms with Gasteiger partial charge < -0.3 is 15.5 Å². The summed E-state index contributed by atoms with van der Waals surface area (Å²) < 4.78 is 0. The van der Waals surface area contributed by atoms with Gasteiger partial charge in [-0.25, -0.2) is 0 Å². The molecule has 2 unspecified atom stereocenters. The predicted octanol–water partition coefficient (Wildman–Crippen LogP) is 2.91. The zero-order chi connectivity index (χ0) is 15.7. The highest BCUT2D eigenvalue weighted by Crippen LogP contribution is 2.17. The van der Waals surface area contributed by atoms with Gasteiger partial charge in [0, 0.05) is 0 Å². The smallest absolute Gasteiger partial charge is 0.320 e. The van der Waals surface area contributed by atoms with Gasteiger partial charge in [-0.15, -0.1) is 0 Å². The van der Waals surface area contributed by atoms with Crippen molar-refractivity contribution >= 4 is 5.97 Å². The molecule has 0 aliphatic heterocycles. The predicted molar refractivity (Wildman–Crippen MR) is 84.3 cm³/mol. The molecule has 0 fully saturated rings. The fraction of sp³-hybridized carbons (Fsp3) is 0.588. The van der Waals surface area contributed by atoms with Crippen LogP contribution in [0.15, 0.2) is 24.3 Å². The molecular weight excluding hydrogens is 266 g/mol. The van der Waals surface area contributed by atoms with E-state index in [0.29, 0.717) is 19.4 Å². The summed E-state index contributed by atoms with van der Waals surface area (Å²) >= 11 is 0. The lowest BCUT2D eigenvalue weighted by Crippen LogP contribution is -2.37. The molecule has 0 aliphatic rings. The Morgan fingerprint density at radius 1 is 1.14 bits per heavy atom. The van der Waals surface area contributed by atoms with Crippen LogP contribution in [-0.4, -0.2) is 28.8 Å². The molecule has 21 heavy (non-hydrogen) atoms. The summed E-state index contributed by atoms with van der Waals surface area (Å²) in [6.45, 7) is 4.60. The van der Waals surface area contributed by atoms with Crippen molar-refractivity contribution in [3.8, 4) is 0 Å². The highest BCUT2D eigenvalue weighted by Gasteiger charge is 2.16. The van der Waals surface area contributed by atoms with E-state index in [-0.39, 0.29) is 0 Å². The summed E-state index contributed by atoms with van der Waals surface area (Å²) in [5.41, 5.74) is 2.17. The monoisotopic (exact) mass is 293 g/mol. The Bertz CT molecular complexity index is 417. The van der Waals surface area contributed by atoms with Crippen molar-refractivity contribution < 1.29 is 15.0 Å². The van der Waals surface area contributed by atoms with Gasteiger partial charge in [0.25, 0.3) is 0 Å². The molecule has 0 heterocycles. The van der Waals surface area contributed by atoms with Gasteiger partial charge in [0.05, 0.1) is 6.10 Å². The number of benzene rings is 1. The van der Waals surface area contributed by atoms with Gasteiger partial charge in [-0.2, -0.15) is 0 Å². The molecule has 0 aliphatic carbocycles. The van der Waals surface area contributed by atoms with E-state index in [4.69, 9.17) is 5.11 Å². The van der Waals surface area contributed by atoms with Gasteiger partial charge in [-0.1, -0.05) is 51.0 Å². The summed E-state index contributed by atoms with van der Waals surface area (Å²) in [4.78, 5) is 11.0. The van der Waals surface area contributed by atoms with Gasteiger partial charge in [0.15, 0.2) is 0 Å². The van der Waals surface area contributed by atoms with Gasteiger partial charge in [-0.05, 0) is 36.9 Å². The number of carbonyl (C=O) groups is 1. The molecular formula is C17H27NO3. The second-order valence-corrected chi connectivity index (χ2v) is 5.43. The molecule has 0 bridgehead atoms. The van der Waals surface area contributed by atoms with Gasteiger partial charge >= 0.3 is 5.97 Å². The van der Waals surface area contributed by atoms with Gasteiger partial charge in [-0.3, -0.25) is 4.79 Å². The number of carboxylic acids is 1. The third kappa shape index (κ3) is 6.27. The van der Waals surface area contributed by atoms with Crippen LogP contribution in [0, 0.1) is 0 Å². The number of hydrogen-bond acceptors (Lipinski definition) is 3. The minimum Gasteiger partial charge on any atom is -0.480 e. The first-order valence-corrected chi connectivity index (χ1v) is 7.81. The summed E-state index contributed by atoms with van der Waals surface area (Å²) in [5.74, 6) is -0.824. The maximum atomic E-state index is 11.0. The van der Waals surface area contributed by atoms with E-state index < -0.39 is 18.1 Å². The van der Waals surface area contributed by atoms with Crippen molar-refractivity contribution in [1.82, 2.24) is 5.32 Å². The third-order valence-corrected chi connectivity index (χ3v) is 3.59. The summed E-state index contributed by atoms with van der Waals surface area (Å²) in [6, 6.07) is 7.49. The Balaban J connectivity index is 2.42. The molecule has 0 amide bonds. The molecule has 0 radical (unpaired) electrons. The number of nitrogens with one attached hydrogen (secondary N) is 1. The molecule has 0 aromatic heterocycles. The standard InChI is InChI=1S/C17H27NO3/c1-3-5-13-7-9-14(10-8-13)16(19)11-12-18-15(6-4-2)17(20)21/h7-10,15-16,18-19H,3-6,11-12H2,1-2H3,(H,20,21). The largest absolute Gasteiger partial charge is 0.480 e. The quantitative estimate of drug-likeness (QED) is 0.620. The lowest BCUT2D eigenvalue weighted by atomic mass is 10.0. The van der Waals surface area contributed by atoms with E-state index in [9.17, 15) is 9.90 Å².